The second-order valence-electron chi connectivity index (χ2n) is 3.40. The Labute approximate surface area is 98.5 Å². The predicted molar refractivity (Wildman–Crippen MR) is 65.9 cm³/mol. The van der Waals surface area contributed by atoms with E-state index >= 15 is 0 Å². The standard InChI is InChI=1S/C11H11ClN4/c1-7-3-2-4-8(12)11(7)14-10-6-5-9(13)15-16-10/h2-6H,1H3,(H2,13,15)(H,14,16). The van der Waals surface area contributed by atoms with Gasteiger partial charge in [-0.1, -0.05) is 23.7 Å². The first kappa shape index (κ1) is 10.7. The van der Waals surface area contributed by atoms with Crippen LogP contribution in [0.4, 0.5) is 17.3 Å². The molecule has 0 atom stereocenters. The minimum absolute atomic E-state index is 0.390. The molecule has 0 saturated carbocycles. The van der Waals surface area contributed by atoms with Crippen molar-refractivity contribution in [2.45, 2.75) is 6.92 Å². The van der Waals surface area contributed by atoms with Crippen LogP contribution in [0.2, 0.25) is 5.02 Å². The zero-order valence-electron chi connectivity index (χ0n) is 8.74. The molecule has 1 aromatic carbocycles. The fraction of sp³-hybridized carbons (Fsp3) is 0.0909. The summed E-state index contributed by atoms with van der Waals surface area (Å²) < 4.78 is 0. The second kappa shape index (κ2) is 4.37. The van der Waals surface area contributed by atoms with Crippen molar-refractivity contribution < 1.29 is 0 Å². The van der Waals surface area contributed by atoms with E-state index in [2.05, 4.69) is 15.5 Å². The number of hydrogen-bond acceptors (Lipinski definition) is 4. The maximum atomic E-state index is 6.08. The molecule has 0 fully saturated rings. The van der Waals surface area contributed by atoms with Gasteiger partial charge in [-0.3, -0.25) is 0 Å². The Morgan fingerprint density at radius 2 is 2.00 bits per heavy atom. The van der Waals surface area contributed by atoms with Gasteiger partial charge in [-0.2, -0.15) is 0 Å². The van der Waals surface area contributed by atoms with Crippen LogP contribution in [0.3, 0.4) is 0 Å². The van der Waals surface area contributed by atoms with Crippen molar-refractivity contribution in [1.29, 1.82) is 0 Å². The molecule has 16 heavy (non-hydrogen) atoms. The summed E-state index contributed by atoms with van der Waals surface area (Å²) in [6.07, 6.45) is 0. The number of nitrogens with two attached hydrogens (primary N) is 1. The van der Waals surface area contributed by atoms with Crippen LogP contribution in [-0.2, 0) is 0 Å². The molecular weight excluding hydrogens is 224 g/mol. The van der Waals surface area contributed by atoms with Gasteiger partial charge in [0.05, 0.1) is 10.7 Å². The van der Waals surface area contributed by atoms with Crippen molar-refractivity contribution in [3.63, 3.8) is 0 Å². The maximum absolute atomic E-state index is 6.08. The smallest absolute Gasteiger partial charge is 0.153 e. The Hall–Kier alpha value is -1.81. The van der Waals surface area contributed by atoms with Gasteiger partial charge >= 0.3 is 0 Å². The molecule has 2 rings (SSSR count). The third kappa shape index (κ3) is 2.23. The molecule has 0 amide bonds. The lowest BCUT2D eigenvalue weighted by Gasteiger charge is -2.09. The highest BCUT2D eigenvalue weighted by Gasteiger charge is 2.04. The van der Waals surface area contributed by atoms with Crippen molar-refractivity contribution >= 4 is 28.9 Å². The summed E-state index contributed by atoms with van der Waals surface area (Å²) in [6.45, 7) is 1.97. The van der Waals surface area contributed by atoms with E-state index < -0.39 is 0 Å². The van der Waals surface area contributed by atoms with Crippen molar-refractivity contribution in [1.82, 2.24) is 10.2 Å². The van der Waals surface area contributed by atoms with Crippen LogP contribution in [0, 0.1) is 6.92 Å². The molecule has 1 heterocycles. The van der Waals surface area contributed by atoms with Crippen LogP contribution in [0.5, 0.6) is 0 Å². The number of halogens is 1. The Morgan fingerprint density at radius 1 is 1.19 bits per heavy atom. The van der Waals surface area contributed by atoms with Crippen LogP contribution in [0.25, 0.3) is 0 Å². The summed E-state index contributed by atoms with van der Waals surface area (Å²) in [4.78, 5) is 0. The molecule has 0 aliphatic carbocycles. The highest BCUT2D eigenvalue weighted by molar-refractivity contribution is 6.33. The normalized spacial score (nSPS) is 10.1. The number of anilines is 3. The molecule has 0 aliphatic heterocycles. The van der Waals surface area contributed by atoms with Crippen molar-refractivity contribution in [3.8, 4) is 0 Å². The summed E-state index contributed by atoms with van der Waals surface area (Å²) in [6, 6.07) is 9.13. The lowest BCUT2D eigenvalue weighted by molar-refractivity contribution is 1.05. The van der Waals surface area contributed by atoms with Gasteiger partial charge in [-0.05, 0) is 30.7 Å². The third-order valence-electron chi connectivity index (χ3n) is 2.16. The first-order valence-corrected chi connectivity index (χ1v) is 5.16. The number of rotatable bonds is 2. The van der Waals surface area contributed by atoms with Crippen LogP contribution in [-0.4, -0.2) is 10.2 Å². The Morgan fingerprint density at radius 3 is 2.62 bits per heavy atom. The molecule has 0 unspecified atom stereocenters. The molecule has 0 saturated heterocycles. The van der Waals surface area contributed by atoms with Gasteiger partial charge < -0.3 is 11.1 Å². The number of hydrogen-bond donors (Lipinski definition) is 2. The number of benzene rings is 1. The molecule has 5 heteroatoms. The zero-order valence-corrected chi connectivity index (χ0v) is 9.49. The quantitative estimate of drug-likeness (QED) is 0.839. The van der Waals surface area contributed by atoms with E-state index in [1.165, 1.54) is 0 Å². The van der Waals surface area contributed by atoms with Crippen LogP contribution in [0.1, 0.15) is 5.56 Å². The highest BCUT2D eigenvalue weighted by Crippen LogP contribution is 2.27. The third-order valence-corrected chi connectivity index (χ3v) is 2.48. The molecule has 0 spiro atoms. The maximum Gasteiger partial charge on any atom is 0.153 e. The number of nitrogens with one attached hydrogen (secondary N) is 1. The van der Waals surface area contributed by atoms with E-state index in [1.807, 2.05) is 25.1 Å². The Bertz CT molecular complexity index is 476. The monoisotopic (exact) mass is 234 g/mol. The fourth-order valence-corrected chi connectivity index (χ4v) is 1.60. The largest absolute Gasteiger partial charge is 0.382 e. The fourth-order valence-electron chi connectivity index (χ4n) is 1.33. The van der Waals surface area contributed by atoms with E-state index in [4.69, 9.17) is 17.3 Å². The molecule has 3 N–H and O–H groups in total. The van der Waals surface area contributed by atoms with Gasteiger partial charge in [0.15, 0.2) is 5.82 Å². The van der Waals surface area contributed by atoms with Crippen LogP contribution < -0.4 is 11.1 Å². The van der Waals surface area contributed by atoms with Gasteiger partial charge in [0.1, 0.15) is 5.82 Å². The predicted octanol–water partition coefficient (Wildman–Crippen LogP) is 2.76. The van der Waals surface area contributed by atoms with Gasteiger partial charge in [-0.15, -0.1) is 10.2 Å². The van der Waals surface area contributed by atoms with Crippen LogP contribution in [0.15, 0.2) is 30.3 Å². The average molecular weight is 235 g/mol. The molecule has 0 radical (unpaired) electrons. The average Bonchev–Trinajstić information content (AvgIpc) is 2.26. The first-order valence-electron chi connectivity index (χ1n) is 4.78. The Kier molecular flexibility index (Phi) is 2.92. The minimum Gasteiger partial charge on any atom is -0.382 e. The highest BCUT2D eigenvalue weighted by atomic mass is 35.5. The van der Waals surface area contributed by atoms with Crippen molar-refractivity contribution in [2.75, 3.05) is 11.1 Å². The van der Waals surface area contributed by atoms with Gasteiger partial charge in [0, 0.05) is 0 Å². The topological polar surface area (TPSA) is 63.8 Å². The number of aromatic nitrogens is 2. The SMILES string of the molecule is Cc1cccc(Cl)c1Nc1ccc(N)nn1. The van der Waals surface area contributed by atoms with Crippen LogP contribution >= 0.6 is 11.6 Å². The number of para-hydroxylation sites is 1. The summed E-state index contributed by atoms with van der Waals surface area (Å²) in [5, 5.41) is 11.4. The molecule has 0 aliphatic rings. The number of nitrogens with zero attached hydrogens (tertiary/aromatic N) is 2. The van der Waals surface area contributed by atoms with Gasteiger partial charge in [-0.25, -0.2) is 0 Å². The molecule has 82 valence electrons. The summed E-state index contributed by atoms with van der Waals surface area (Å²) in [7, 11) is 0. The van der Waals surface area contributed by atoms with Gasteiger partial charge in [0.2, 0.25) is 0 Å². The first-order chi connectivity index (χ1) is 7.66. The minimum atomic E-state index is 0.390. The van der Waals surface area contributed by atoms with Crippen molar-refractivity contribution in [2.24, 2.45) is 0 Å². The molecular formula is C11H11ClN4. The van der Waals surface area contributed by atoms with Crippen molar-refractivity contribution in [3.05, 3.63) is 40.9 Å². The summed E-state index contributed by atoms with van der Waals surface area (Å²) in [5.74, 6) is 1.01. The number of aryl methyl sites for hydroxylation is 1. The van der Waals surface area contributed by atoms with E-state index in [0.717, 1.165) is 11.3 Å². The lowest BCUT2D eigenvalue weighted by Crippen LogP contribution is -1.99. The lowest BCUT2D eigenvalue weighted by atomic mass is 10.2. The summed E-state index contributed by atoms with van der Waals surface area (Å²) in [5.41, 5.74) is 7.34. The second-order valence-corrected chi connectivity index (χ2v) is 3.81. The van der Waals surface area contributed by atoms with E-state index in [-0.39, 0.29) is 0 Å². The van der Waals surface area contributed by atoms with E-state index in [0.29, 0.717) is 16.7 Å². The summed E-state index contributed by atoms with van der Waals surface area (Å²) >= 11 is 6.08. The molecule has 0 bridgehead atoms. The van der Waals surface area contributed by atoms with Gasteiger partial charge in [0.25, 0.3) is 0 Å². The molecule has 4 nitrogen and oxygen atoms in total. The molecule has 1 aromatic heterocycles. The van der Waals surface area contributed by atoms with E-state index in [1.54, 1.807) is 12.1 Å². The van der Waals surface area contributed by atoms with E-state index in [9.17, 15) is 0 Å². The number of nitrogen functional groups attached to an aromatic ring is 1. The Balaban J connectivity index is 2.30. The molecule has 2 aromatic rings. The zero-order chi connectivity index (χ0) is 11.5.